The Kier molecular flexibility index (Phi) is 3.16. The van der Waals surface area contributed by atoms with Crippen molar-refractivity contribution in [3.63, 3.8) is 0 Å². The molecule has 3 nitrogen and oxygen atoms in total. The molecule has 3 heteroatoms. The predicted molar refractivity (Wildman–Crippen MR) is 74.8 cm³/mol. The lowest BCUT2D eigenvalue weighted by atomic mass is 10.1. The zero-order chi connectivity index (χ0) is 13.3. The van der Waals surface area contributed by atoms with Gasteiger partial charge in [-0.2, -0.15) is 0 Å². The Morgan fingerprint density at radius 1 is 1.28 bits per heavy atom. The summed E-state index contributed by atoms with van der Waals surface area (Å²) in [5, 5.41) is 0. The third-order valence-electron chi connectivity index (χ3n) is 3.25. The van der Waals surface area contributed by atoms with E-state index in [0.29, 0.717) is 6.54 Å². The van der Waals surface area contributed by atoms with Crippen molar-refractivity contribution in [1.29, 1.82) is 0 Å². The van der Waals surface area contributed by atoms with Gasteiger partial charge >= 0.3 is 6.03 Å². The van der Waals surface area contributed by atoms with Gasteiger partial charge in [0, 0.05) is 17.8 Å². The van der Waals surface area contributed by atoms with Crippen LogP contribution in [0.15, 0.2) is 43.0 Å². The Morgan fingerprint density at radius 3 is 2.39 bits per heavy atom. The molecule has 0 saturated carbocycles. The van der Waals surface area contributed by atoms with Crippen molar-refractivity contribution in [2.45, 2.75) is 32.4 Å². The number of carbonyl (C=O) groups is 1. The summed E-state index contributed by atoms with van der Waals surface area (Å²) in [6.07, 6.45) is 1.84. The van der Waals surface area contributed by atoms with Gasteiger partial charge in [-0.1, -0.05) is 24.3 Å². The van der Waals surface area contributed by atoms with E-state index in [2.05, 4.69) is 27.4 Å². The molecule has 0 aliphatic carbocycles. The van der Waals surface area contributed by atoms with Crippen molar-refractivity contribution < 1.29 is 4.79 Å². The Morgan fingerprint density at radius 2 is 1.89 bits per heavy atom. The summed E-state index contributed by atoms with van der Waals surface area (Å²) in [7, 11) is 0. The van der Waals surface area contributed by atoms with Crippen LogP contribution < -0.4 is 4.90 Å². The SMILES string of the molecule is C=CC1CN(C(C)(C)C)C(=O)N1c1ccccc1. The van der Waals surface area contributed by atoms with E-state index in [0.717, 1.165) is 5.69 Å². The minimum Gasteiger partial charge on any atom is -0.317 e. The van der Waals surface area contributed by atoms with Crippen molar-refractivity contribution in [2.24, 2.45) is 0 Å². The van der Waals surface area contributed by atoms with Crippen LogP contribution in [0.25, 0.3) is 0 Å². The largest absolute Gasteiger partial charge is 0.325 e. The third kappa shape index (κ3) is 2.13. The Bertz CT molecular complexity index is 447. The molecule has 18 heavy (non-hydrogen) atoms. The van der Waals surface area contributed by atoms with Crippen molar-refractivity contribution in [1.82, 2.24) is 4.90 Å². The van der Waals surface area contributed by atoms with Crippen LogP contribution in [0.5, 0.6) is 0 Å². The number of carbonyl (C=O) groups excluding carboxylic acids is 1. The Hall–Kier alpha value is -1.77. The molecule has 1 fully saturated rings. The van der Waals surface area contributed by atoms with Crippen LogP contribution in [0.4, 0.5) is 10.5 Å². The van der Waals surface area contributed by atoms with Crippen LogP contribution in [-0.4, -0.2) is 29.1 Å². The van der Waals surface area contributed by atoms with Crippen LogP contribution in [0, 0.1) is 0 Å². The van der Waals surface area contributed by atoms with Gasteiger partial charge in [0.15, 0.2) is 0 Å². The lowest BCUT2D eigenvalue weighted by Crippen LogP contribution is -2.44. The normalized spacial score (nSPS) is 20.4. The summed E-state index contributed by atoms with van der Waals surface area (Å²) in [5.41, 5.74) is 0.765. The number of rotatable bonds is 2. The average molecular weight is 244 g/mol. The lowest BCUT2D eigenvalue weighted by molar-refractivity contribution is 0.172. The molecule has 0 N–H and O–H groups in total. The van der Waals surface area contributed by atoms with Crippen molar-refractivity contribution in [3.8, 4) is 0 Å². The summed E-state index contributed by atoms with van der Waals surface area (Å²) in [4.78, 5) is 16.2. The highest BCUT2D eigenvalue weighted by atomic mass is 16.2. The van der Waals surface area contributed by atoms with Gasteiger partial charge in [0.2, 0.25) is 0 Å². The number of hydrogen-bond acceptors (Lipinski definition) is 1. The highest BCUT2D eigenvalue weighted by molar-refractivity contribution is 5.95. The molecule has 1 heterocycles. The average Bonchev–Trinajstić information content (AvgIpc) is 2.67. The van der Waals surface area contributed by atoms with E-state index >= 15 is 0 Å². The molecule has 1 aliphatic heterocycles. The van der Waals surface area contributed by atoms with Gasteiger partial charge in [-0.3, -0.25) is 4.90 Å². The molecule has 96 valence electrons. The molecule has 1 unspecified atom stereocenters. The second kappa shape index (κ2) is 4.48. The van der Waals surface area contributed by atoms with Crippen LogP contribution in [0.3, 0.4) is 0 Å². The summed E-state index contributed by atoms with van der Waals surface area (Å²) in [6, 6.07) is 9.86. The first-order chi connectivity index (χ1) is 8.45. The number of urea groups is 1. The molecule has 1 atom stereocenters. The van der Waals surface area contributed by atoms with Gasteiger partial charge in [-0.15, -0.1) is 6.58 Å². The number of benzene rings is 1. The first-order valence-electron chi connectivity index (χ1n) is 6.23. The number of para-hydroxylation sites is 1. The van der Waals surface area contributed by atoms with Crippen molar-refractivity contribution in [3.05, 3.63) is 43.0 Å². The van der Waals surface area contributed by atoms with E-state index in [1.165, 1.54) is 0 Å². The maximum Gasteiger partial charge on any atom is 0.325 e. The van der Waals surface area contributed by atoms with E-state index in [1.807, 2.05) is 46.2 Å². The molecule has 2 amide bonds. The van der Waals surface area contributed by atoms with Crippen LogP contribution in [-0.2, 0) is 0 Å². The zero-order valence-electron chi connectivity index (χ0n) is 11.3. The smallest absolute Gasteiger partial charge is 0.317 e. The number of anilines is 1. The Labute approximate surface area is 109 Å². The summed E-state index contributed by atoms with van der Waals surface area (Å²) >= 11 is 0. The molecular formula is C15H20N2O. The van der Waals surface area contributed by atoms with E-state index < -0.39 is 0 Å². The molecule has 1 aliphatic rings. The predicted octanol–water partition coefficient (Wildman–Crippen LogP) is 3.28. The molecule has 1 aromatic rings. The van der Waals surface area contributed by atoms with E-state index in [1.54, 1.807) is 0 Å². The summed E-state index contributed by atoms with van der Waals surface area (Å²) < 4.78 is 0. The van der Waals surface area contributed by atoms with Gasteiger partial charge in [0.25, 0.3) is 0 Å². The highest BCUT2D eigenvalue weighted by Gasteiger charge is 2.41. The van der Waals surface area contributed by atoms with Gasteiger partial charge in [0.05, 0.1) is 6.04 Å². The fourth-order valence-corrected chi connectivity index (χ4v) is 2.25. The van der Waals surface area contributed by atoms with Crippen molar-refractivity contribution >= 4 is 11.7 Å². The van der Waals surface area contributed by atoms with E-state index in [-0.39, 0.29) is 17.6 Å². The topological polar surface area (TPSA) is 23.6 Å². The molecule has 0 aromatic heterocycles. The van der Waals surface area contributed by atoms with Crippen molar-refractivity contribution in [2.75, 3.05) is 11.4 Å². The van der Waals surface area contributed by atoms with Gasteiger partial charge in [-0.25, -0.2) is 4.79 Å². The first kappa shape index (κ1) is 12.7. The van der Waals surface area contributed by atoms with Gasteiger partial charge in [0.1, 0.15) is 0 Å². The Balaban J connectivity index is 2.35. The molecule has 1 aromatic carbocycles. The maximum absolute atomic E-state index is 12.5. The number of amides is 2. The minimum atomic E-state index is -0.165. The second-order valence-corrected chi connectivity index (χ2v) is 5.57. The molecule has 0 radical (unpaired) electrons. The van der Waals surface area contributed by atoms with E-state index in [9.17, 15) is 4.79 Å². The molecule has 0 bridgehead atoms. The fourth-order valence-electron chi connectivity index (χ4n) is 2.25. The number of hydrogen-bond donors (Lipinski definition) is 0. The standard InChI is InChI=1S/C15H20N2O/c1-5-12-11-16(15(2,3)4)14(18)17(12)13-9-7-6-8-10-13/h5-10,12H,1,11H2,2-4H3. The molecule has 2 rings (SSSR count). The fraction of sp³-hybridized carbons (Fsp3) is 0.400. The minimum absolute atomic E-state index is 0.0409. The molecular weight excluding hydrogens is 224 g/mol. The van der Waals surface area contributed by atoms with Crippen LogP contribution in [0.1, 0.15) is 20.8 Å². The second-order valence-electron chi connectivity index (χ2n) is 5.57. The lowest BCUT2D eigenvalue weighted by Gasteiger charge is -2.31. The summed E-state index contributed by atoms with van der Waals surface area (Å²) in [5.74, 6) is 0. The first-order valence-corrected chi connectivity index (χ1v) is 6.23. The summed E-state index contributed by atoms with van der Waals surface area (Å²) in [6.45, 7) is 10.7. The highest BCUT2D eigenvalue weighted by Crippen LogP contribution is 2.29. The van der Waals surface area contributed by atoms with Crippen LogP contribution >= 0.6 is 0 Å². The third-order valence-corrected chi connectivity index (χ3v) is 3.25. The monoisotopic (exact) mass is 244 g/mol. The maximum atomic E-state index is 12.5. The van der Waals surface area contributed by atoms with E-state index in [4.69, 9.17) is 0 Å². The number of nitrogens with zero attached hydrogens (tertiary/aromatic N) is 2. The zero-order valence-corrected chi connectivity index (χ0v) is 11.3. The van der Waals surface area contributed by atoms with Crippen LogP contribution in [0.2, 0.25) is 0 Å². The molecule has 0 spiro atoms. The van der Waals surface area contributed by atoms with Gasteiger partial charge < -0.3 is 4.90 Å². The quantitative estimate of drug-likeness (QED) is 0.732. The molecule has 1 saturated heterocycles. The van der Waals surface area contributed by atoms with Gasteiger partial charge in [-0.05, 0) is 32.9 Å².